The van der Waals surface area contributed by atoms with Crippen molar-refractivity contribution in [3.63, 3.8) is 0 Å². The lowest BCUT2D eigenvalue weighted by Crippen LogP contribution is -2.51. The number of hydrogen-bond acceptors (Lipinski definition) is 4. The van der Waals surface area contributed by atoms with Crippen molar-refractivity contribution in [2.75, 3.05) is 59.0 Å². The standard InChI is InChI=1S/C14H27N3O2.ClH/c1-2-19-12-11-16-7-9-17(10-8-16)14(18)13-3-5-15-6-4-13;/h13,15H,2-12H2,1H3;1H. The number of piperazine rings is 1. The Kier molecular flexibility index (Phi) is 8.45. The van der Waals surface area contributed by atoms with E-state index in [9.17, 15) is 4.79 Å². The first kappa shape index (κ1) is 17.7. The van der Waals surface area contributed by atoms with E-state index in [1.807, 2.05) is 6.92 Å². The van der Waals surface area contributed by atoms with E-state index in [2.05, 4.69) is 15.1 Å². The van der Waals surface area contributed by atoms with Gasteiger partial charge in [0.1, 0.15) is 0 Å². The number of carbonyl (C=O) groups is 1. The number of piperidine rings is 1. The van der Waals surface area contributed by atoms with E-state index in [4.69, 9.17) is 4.74 Å². The smallest absolute Gasteiger partial charge is 0.225 e. The third-order valence-electron chi connectivity index (χ3n) is 4.13. The van der Waals surface area contributed by atoms with Gasteiger partial charge in [-0.05, 0) is 32.9 Å². The summed E-state index contributed by atoms with van der Waals surface area (Å²) in [6, 6.07) is 0. The molecule has 1 amide bonds. The lowest BCUT2D eigenvalue weighted by atomic mass is 9.96. The maximum Gasteiger partial charge on any atom is 0.225 e. The largest absolute Gasteiger partial charge is 0.380 e. The van der Waals surface area contributed by atoms with Crippen molar-refractivity contribution >= 4 is 18.3 Å². The van der Waals surface area contributed by atoms with Crippen LogP contribution in [0.1, 0.15) is 19.8 Å². The number of ether oxygens (including phenoxy) is 1. The predicted octanol–water partition coefficient (Wildman–Crippen LogP) is 0.589. The Bertz CT molecular complexity index is 278. The van der Waals surface area contributed by atoms with Crippen molar-refractivity contribution in [1.82, 2.24) is 15.1 Å². The summed E-state index contributed by atoms with van der Waals surface area (Å²) in [4.78, 5) is 16.8. The minimum absolute atomic E-state index is 0. The summed E-state index contributed by atoms with van der Waals surface area (Å²) in [6.07, 6.45) is 2.01. The highest BCUT2D eigenvalue weighted by molar-refractivity contribution is 5.85. The molecule has 2 saturated heterocycles. The molecule has 2 aliphatic rings. The van der Waals surface area contributed by atoms with E-state index < -0.39 is 0 Å². The maximum absolute atomic E-state index is 12.4. The molecule has 0 saturated carbocycles. The Morgan fingerprint density at radius 3 is 2.45 bits per heavy atom. The highest BCUT2D eigenvalue weighted by atomic mass is 35.5. The van der Waals surface area contributed by atoms with Gasteiger partial charge in [0.25, 0.3) is 0 Å². The van der Waals surface area contributed by atoms with Gasteiger partial charge in [0.15, 0.2) is 0 Å². The van der Waals surface area contributed by atoms with Crippen LogP contribution in [0.5, 0.6) is 0 Å². The number of nitrogens with one attached hydrogen (secondary N) is 1. The molecule has 0 atom stereocenters. The molecule has 0 aromatic rings. The van der Waals surface area contributed by atoms with Gasteiger partial charge in [0.2, 0.25) is 5.91 Å². The molecular formula is C14H28ClN3O2. The Labute approximate surface area is 128 Å². The van der Waals surface area contributed by atoms with Crippen LogP contribution in [0.15, 0.2) is 0 Å². The molecule has 5 nitrogen and oxygen atoms in total. The van der Waals surface area contributed by atoms with Gasteiger partial charge >= 0.3 is 0 Å². The van der Waals surface area contributed by atoms with Crippen molar-refractivity contribution < 1.29 is 9.53 Å². The summed E-state index contributed by atoms with van der Waals surface area (Å²) in [6.45, 7) is 10.3. The van der Waals surface area contributed by atoms with Gasteiger partial charge in [0, 0.05) is 45.2 Å². The molecule has 0 radical (unpaired) electrons. The van der Waals surface area contributed by atoms with Crippen LogP contribution >= 0.6 is 12.4 Å². The first-order valence-corrected chi connectivity index (χ1v) is 7.61. The quantitative estimate of drug-likeness (QED) is 0.755. The minimum atomic E-state index is 0. The lowest BCUT2D eigenvalue weighted by molar-refractivity contribution is -0.138. The van der Waals surface area contributed by atoms with Crippen LogP contribution in [-0.4, -0.2) is 74.7 Å². The summed E-state index contributed by atoms with van der Waals surface area (Å²) in [7, 11) is 0. The molecule has 2 fully saturated rings. The van der Waals surface area contributed by atoms with E-state index >= 15 is 0 Å². The number of halogens is 1. The zero-order chi connectivity index (χ0) is 13.5. The molecule has 0 spiro atoms. The van der Waals surface area contributed by atoms with Crippen LogP contribution in [0.4, 0.5) is 0 Å². The molecular weight excluding hydrogens is 278 g/mol. The fourth-order valence-electron chi connectivity index (χ4n) is 2.86. The van der Waals surface area contributed by atoms with Crippen LogP contribution < -0.4 is 5.32 Å². The second-order valence-electron chi connectivity index (χ2n) is 5.39. The second kappa shape index (κ2) is 9.55. The zero-order valence-corrected chi connectivity index (χ0v) is 13.3. The van der Waals surface area contributed by atoms with Crippen molar-refractivity contribution in [2.24, 2.45) is 5.92 Å². The van der Waals surface area contributed by atoms with Crippen LogP contribution in [0.3, 0.4) is 0 Å². The number of hydrogen-bond donors (Lipinski definition) is 1. The highest BCUT2D eigenvalue weighted by Gasteiger charge is 2.28. The number of rotatable bonds is 5. The molecule has 1 N–H and O–H groups in total. The SMILES string of the molecule is CCOCCN1CCN(C(=O)C2CCNCC2)CC1.Cl. The van der Waals surface area contributed by atoms with E-state index in [0.29, 0.717) is 5.91 Å². The average Bonchev–Trinajstić information content (AvgIpc) is 2.48. The maximum atomic E-state index is 12.4. The third kappa shape index (κ3) is 5.20. The van der Waals surface area contributed by atoms with Crippen LogP contribution in [-0.2, 0) is 9.53 Å². The van der Waals surface area contributed by atoms with E-state index in [1.165, 1.54) is 0 Å². The number of nitrogens with zero attached hydrogens (tertiary/aromatic N) is 2. The molecule has 0 aliphatic carbocycles. The lowest BCUT2D eigenvalue weighted by Gasteiger charge is -2.37. The van der Waals surface area contributed by atoms with Crippen LogP contribution in [0, 0.1) is 5.92 Å². The van der Waals surface area contributed by atoms with Crippen molar-refractivity contribution in [1.29, 1.82) is 0 Å². The van der Waals surface area contributed by atoms with Gasteiger partial charge in [-0.3, -0.25) is 9.69 Å². The molecule has 0 unspecified atom stereocenters. The average molecular weight is 306 g/mol. The molecule has 20 heavy (non-hydrogen) atoms. The summed E-state index contributed by atoms with van der Waals surface area (Å²) >= 11 is 0. The molecule has 2 heterocycles. The van der Waals surface area contributed by atoms with Crippen molar-refractivity contribution in [2.45, 2.75) is 19.8 Å². The molecule has 2 rings (SSSR count). The Morgan fingerprint density at radius 2 is 1.85 bits per heavy atom. The summed E-state index contributed by atoms with van der Waals surface area (Å²) in [5.74, 6) is 0.641. The van der Waals surface area contributed by atoms with E-state index in [0.717, 1.165) is 71.9 Å². The van der Waals surface area contributed by atoms with Gasteiger partial charge in [-0.25, -0.2) is 0 Å². The van der Waals surface area contributed by atoms with E-state index in [-0.39, 0.29) is 18.3 Å². The molecule has 2 aliphatic heterocycles. The Morgan fingerprint density at radius 1 is 1.20 bits per heavy atom. The predicted molar refractivity (Wildman–Crippen MR) is 82.4 cm³/mol. The first-order valence-electron chi connectivity index (χ1n) is 7.61. The Balaban J connectivity index is 0.00000200. The van der Waals surface area contributed by atoms with Crippen LogP contribution in [0.25, 0.3) is 0 Å². The molecule has 6 heteroatoms. The Hall–Kier alpha value is -0.360. The molecule has 0 aromatic heterocycles. The van der Waals surface area contributed by atoms with Crippen molar-refractivity contribution in [3.05, 3.63) is 0 Å². The fraction of sp³-hybridized carbons (Fsp3) is 0.929. The van der Waals surface area contributed by atoms with Crippen LogP contribution in [0.2, 0.25) is 0 Å². The molecule has 0 bridgehead atoms. The number of carbonyl (C=O) groups excluding carboxylic acids is 1. The highest BCUT2D eigenvalue weighted by Crippen LogP contribution is 2.16. The van der Waals surface area contributed by atoms with Gasteiger partial charge in [-0.15, -0.1) is 12.4 Å². The summed E-state index contributed by atoms with van der Waals surface area (Å²) < 4.78 is 5.38. The fourth-order valence-corrected chi connectivity index (χ4v) is 2.86. The molecule has 118 valence electrons. The van der Waals surface area contributed by atoms with Gasteiger partial charge < -0.3 is 15.0 Å². The van der Waals surface area contributed by atoms with Gasteiger partial charge in [-0.2, -0.15) is 0 Å². The van der Waals surface area contributed by atoms with Gasteiger partial charge in [0.05, 0.1) is 6.61 Å². The topological polar surface area (TPSA) is 44.8 Å². The van der Waals surface area contributed by atoms with Gasteiger partial charge in [-0.1, -0.05) is 0 Å². The second-order valence-corrected chi connectivity index (χ2v) is 5.39. The minimum Gasteiger partial charge on any atom is -0.380 e. The monoisotopic (exact) mass is 305 g/mol. The third-order valence-corrected chi connectivity index (χ3v) is 4.13. The van der Waals surface area contributed by atoms with E-state index in [1.54, 1.807) is 0 Å². The molecule has 0 aromatic carbocycles. The van der Waals surface area contributed by atoms with Crippen molar-refractivity contribution in [3.8, 4) is 0 Å². The summed E-state index contributed by atoms with van der Waals surface area (Å²) in [5, 5.41) is 3.32. The summed E-state index contributed by atoms with van der Waals surface area (Å²) in [5.41, 5.74) is 0. The normalized spacial score (nSPS) is 21.6. The first-order chi connectivity index (χ1) is 9.31. The number of amides is 1. The zero-order valence-electron chi connectivity index (χ0n) is 12.5.